The van der Waals surface area contributed by atoms with Gasteiger partial charge in [0.2, 0.25) is 5.91 Å². The van der Waals surface area contributed by atoms with E-state index < -0.39 is 0 Å². The van der Waals surface area contributed by atoms with Gasteiger partial charge >= 0.3 is 0 Å². The van der Waals surface area contributed by atoms with Gasteiger partial charge in [-0.1, -0.05) is 35.9 Å². The van der Waals surface area contributed by atoms with Crippen LogP contribution in [-0.2, 0) is 11.3 Å². The van der Waals surface area contributed by atoms with Gasteiger partial charge in [0.15, 0.2) is 0 Å². The van der Waals surface area contributed by atoms with Gasteiger partial charge in [-0.15, -0.1) is 0 Å². The van der Waals surface area contributed by atoms with Gasteiger partial charge in [-0.3, -0.25) is 4.79 Å². The fourth-order valence-electron chi connectivity index (χ4n) is 3.60. The zero-order chi connectivity index (χ0) is 17.4. The van der Waals surface area contributed by atoms with Crippen molar-refractivity contribution in [2.45, 2.75) is 25.8 Å². The van der Waals surface area contributed by atoms with E-state index in [0.29, 0.717) is 6.42 Å². The zero-order valence-electron chi connectivity index (χ0n) is 14.2. The average Bonchev–Trinajstić information content (AvgIpc) is 3.17. The number of nitrogens with zero attached hydrogens (tertiary/aromatic N) is 3. The van der Waals surface area contributed by atoms with E-state index in [-0.39, 0.29) is 11.8 Å². The minimum atomic E-state index is 0.146. The molecule has 2 heterocycles. The largest absolute Gasteiger partial charge is 0.342 e. The second-order valence-corrected chi connectivity index (χ2v) is 6.94. The number of benzene rings is 2. The third kappa shape index (κ3) is 3.02. The summed E-state index contributed by atoms with van der Waals surface area (Å²) in [6.45, 7) is 4.26. The Bertz CT molecular complexity index is 916. The normalized spacial score (nSPS) is 17.6. The molecule has 4 rings (SSSR count). The quantitative estimate of drug-likeness (QED) is 0.709. The molecule has 3 aromatic rings. The Hall–Kier alpha value is -2.33. The number of imidazole rings is 1. The molecule has 25 heavy (non-hydrogen) atoms. The van der Waals surface area contributed by atoms with Crippen LogP contribution in [0.15, 0.2) is 48.5 Å². The smallest absolute Gasteiger partial charge is 0.223 e. The predicted molar refractivity (Wildman–Crippen MR) is 99.9 cm³/mol. The lowest BCUT2D eigenvalue weighted by Crippen LogP contribution is -2.24. The van der Waals surface area contributed by atoms with Crippen molar-refractivity contribution >= 4 is 28.5 Å². The van der Waals surface area contributed by atoms with Crippen molar-refractivity contribution in [1.82, 2.24) is 14.5 Å². The van der Waals surface area contributed by atoms with Crippen molar-refractivity contribution in [2.75, 3.05) is 13.1 Å². The third-order valence-corrected chi connectivity index (χ3v) is 5.15. The summed E-state index contributed by atoms with van der Waals surface area (Å²) in [6.07, 6.45) is 0.539. The van der Waals surface area contributed by atoms with Gasteiger partial charge in [0.25, 0.3) is 0 Å². The lowest BCUT2D eigenvalue weighted by atomic mass is 10.1. The molecule has 1 aliphatic heterocycles. The van der Waals surface area contributed by atoms with Gasteiger partial charge in [0.05, 0.1) is 11.0 Å². The van der Waals surface area contributed by atoms with Crippen molar-refractivity contribution in [3.63, 3.8) is 0 Å². The van der Waals surface area contributed by atoms with Gasteiger partial charge in [-0.2, -0.15) is 0 Å². The number of halogens is 1. The number of carbonyl (C=O) groups is 1. The van der Waals surface area contributed by atoms with E-state index in [1.54, 1.807) is 0 Å². The number of para-hydroxylation sites is 2. The fourth-order valence-corrected chi connectivity index (χ4v) is 3.72. The Kier molecular flexibility index (Phi) is 4.22. The molecular formula is C20H20ClN3O. The second-order valence-electron chi connectivity index (χ2n) is 6.50. The molecule has 0 saturated carbocycles. The SMILES string of the molecule is CCN1C[C@@H](c2nc3ccccc3n2Cc2ccc(Cl)cc2)CC1=O. The van der Waals surface area contributed by atoms with Crippen LogP contribution in [0.3, 0.4) is 0 Å². The highest BCUT2D eigenvalue weighted by atomic mass is 35.5. The molecule has 5 heteroatoms. The van der Waals surface area contributed by atoms with Crippen LogP contribution in [0.4, 0.5) is 0 Å². The first-order valence-electron chi connectivity index (χ1n) is 8.63. The number of carbonyl (C=O) groups excluding carboxylic acids is 1. The summed E-state index contributed by atoms with van der Waals surface area (Å²) in [7, 11) is 0. The number of hydrogen-bond acceptors (Lipinski definition) is 2. The molecule has 1 atom stereocenters. The molecule has 2 aromatic carbocycles. The van der Waals surface area contributed by atoms with E-state index in [0.717, 1.165) is 41.5 Å². The molecule has 1 fully saturated rings. The number of fused-ring (bicyclic) bond motifs is 1. The molecule has 0 radical (unpaired) electrons. The summed E-state index contributed by atoms with van der Waals surface area (Å²) in [4.78, 5) is 19.0. The van der Waals surface area contributed by atoms with Gasteiger partial charge in [-0.25, -0.2) is 4.98 Å². The maximum Gasteiger partial charge on any atom is 0.223 e. The molecule has 1 amide bonds. The molecule has 1 saturated heterocycles. The minimum Gasteiger partial charge on any atom is -0.342 e. The number of hydrogen-bond donors (Lipinski definition) is 0. The number of likely N-dealkylation sites (tertiary alicyclic amines) is 1. The molecule has 0 unspecified atom stereocenters. The lowest BCUT2D eigenvalue weighted by Gasteiger charge is -2.15. The van der Waals surface area contributed by atoms with Crippen LogP contribution in [0.1, 0.15) is 30.7 Å². The van der Waals surface area contributed by atoms with Gasteiger partial charge in [-0.05, 0) is 36.8 Å². The number of likely N-dealkylation sites (N-methyl/N-ethyl adjacent to an activating group) is 1. The van der Waals surface area contributed by atoms with Crippen molar-refractivity contribution in [3.8, 4) is 0 Å². The second kappa shape index (κ2) is 6.52. The third-order valence-electron chi connectivity index (χ3n) is 4.90. The average molecular weight is 354 g/mol. The molecule has 0 bridgehead atoms. The first-order valence-corrected chi connectivity index (χ1v) is 9.01. The van der Waals surface area contributed by atoms with E-state index in [9.17, 15) is 4.79 Å². The first-order chi connectivity index (χ1) is 12.2. The highest BCUT2D eigenvalue weighted by molar-refractivity contribution is 6.30. The molecule has 0 N–H and O–H groups in total. The Labute approximate surface area is 152 Å². The Morgan fingerprint density at radius 3 is 2.64 bits per heavy atom. The highest BCUT2D eigenvalue weighted by Crippen LogP contribution is 2.30. The molecule has 1 aliphatic rings. The highest BCUT2D eigenvalue weighted by Gasteiger charge is 2.33. The molecule has 0 spiro atoms. The summed E-state index contributed by atoms with van der Waals surface area (Å²) in [5.74, 6) is 1.37. The van der Waals surface area contributed by atoms with Gasteiger partial charge < -0.3 is 9.47 Å². The van der Waals surface area contributed by atoms with Gasteiger partial charge in [0.1, 0.15) is 5.82 Å². The van der Waals surface area contributed by atoms with Crippen LogP contribution in [-0.4, -0.2) is 33.4 Å². The van der Waals surface area contributed by atoms with Crippen LogP contribution < -0.4 is 0 Å². The zero-order valence-corrected chi connectivity index (χ0v) is 14.9. The maximum absolute atomic E-state index is 12.2. The molecule has 4 nitrogen and oxygen atoms in total. The summed E-state index contributed by atoms with van der Waals surface area (Å²) in [5.41, 5.74) is 3.26. The van der Waals surface area contributed by atoms with Gasteiger partial charge in [0, 0.05) is 37.0 Å². The maximum atomic E-state index is 12.2. The summed E-state index contributed by atoms with van der Waals surface area (Å²) in [5, 5.41) is 0.736. The van der Waals surface area contributed by atoms with E-state index >= 15 is 0 Å². The summed E-state index contributed by atoms with van der Waals surface area (Å²) < 4.78 is 2.25. The van der Waals surface area contributed by atoms with Crippen molar-refractivity contribution in [1.29, 1.82) is 0 Å². The summed E-state index contributed by atoms with van der Waals surface area (Å²) >= 11 is 6.01. The standard InChI is InChI=1S/C20H20ClN3O/c1-2-23-13-15(11-19(23)25)20-22-17-5-3-4-6-18(17)24(20)12-14-7-9-16(21)10-8-14/h3-10,15H,2,11-13H2,1H3/t15-/m0/s1. The van der Waals surface area contributed by atoms with Crippen LogP contribution >= 0.6 is 11.6 Å². The van der Waals surface area contributed by atoms with Crippen LogP contribution in [0.25, 0.3) is 11.0 Å². The predicted octanol–water partition coefficient (Wildman–Crippen LogP) is 4.07. The number of aromatic nitrogens is 2. The topological polar surface area (TPSA) is 38.1 Å². The van der Waals surface area contributed by atoms with E-state index in [1.807, 2.05) is 54.3 Å². The Morgan fingerprint density at radius 1 is 1.16 bits per heavy atom. The van der Waals surface area contributed by atoms with E-state index in [4.69, 9.17) is 16.6 Å². The van der Waals surface area contributed by atoms with Crippen molar-refractivity contribution < 1.29 is 4.79 Å². The van der Waals surface area contributed by atoms with E-state index in [1.165, 1.54) is 5.56 Å². The Morgan fingerprint density at radius 2 is 1.92 bits per heavy atom. The molecule has 128 valence electrons. The number of amides is 1. The lowest BCUT2D eigenvalue weighted by molar-refractivity contribution is -0.127. The minimum absolute atomic E-state index is 0.146. The van der Waals surface area contributed by atoms with Crippen LogP contribution in [0, 0.1) is 0 Å². The van der Waals surface area contributed by atoms with E-state index in [2.05, 4.69) is 10.6 Å². The Balaban J connectivity index is 1.76. The van der Waals surface area contributed by atoms with Crippen molar-refractivity contribution in [3.05, 3.63) is 64.9 Å². The van der Waals surface area contributed by atoms with Crippen LogP contribution in [0.5, 0.6) is 0 Å². The van der Waals surface area contributed by atoms with Crippen LogP contribution in [0.2, 0.25) is 5.02 Å². The van der Waals surface area contributed by atoms with Crippen molar-refractivity contribution in [2.24, 2.45) is 0 Å². The molecular weight excluding hydrogens is 334 g/mol. The molecule has 0 aliphatic carbocycles. The fraction of sp³-hybridized carbons (Fsp3) is 0.300. The molecule has 1 aromatic heterocycles. The first kappa shape index (κ1) is 16.2. The summed E-state index contributed by atoms with van der Waals surface area (Å²) in [6, 6.07) is 16.1. The number of rotatable bonds is 4. The monoisotopic (exact) mass is 353 g/mol.